The van der Waals surface area contributed by atoms with Gasteiger partial charge < -0.3 is 5.11 Å². The normalized spacial score (nSPS) is 26.3. The zero-order valence-electron chi connectivity index (χ0n) is 9.68. The van der Waals surface area contributed by atoms with Crippen molar-refractivity contribution >= 4 is 22.9 Å². The summed E-state index contributed by atoms with van der Waals surface area (Å²) in [6, 6.07) is 5.92. The Morgan fingerprint density at radius 3 is 2.76 bits per heavy atom. The molecule has 0 saturated heterocycles. The summed E-state index contributed by atoms with van der Waals surface area (Å²) in [6.45, 7) is 3.85. The Morgan fingerprint density at radius 2 is 2.35 bits per heavy atom. The van der Waals surface area contributed by atoms with Gasteiger partial charge in [0.2, 0.25) is 0 Å². The number of aliphatic carboxylic acids is 1. The van der Waals surface area contributed by atoms with Crippen molar-refractivity contribution in [1.82, 2.24) is 0 Å². The van der Waals surface area contributed by atoms with E-state index in [1.165, 1.54) is 11.3 Å². The summed E-state index contributed by atoms with van der Waals surface area (Å²) >= 11 is 1.50. The third kappa shape index (κ3) is 1.98. The van der Waals surface area contributed by atoms with Crippen LogP contribution >= 0.6 is 11.3 Å². The van der Waals surface area contributed by atoms with E-state index in [1.54, 1.807) is 0 Å². The van der Waals surface area contributed by atoms with Crippen molar-refractivity contribution in [2.75, 3.05) is 0 Å². The van der Waals surface area contributed by atoms with Gasteiger partial charge in [-0.2, -0.15) is 5.26 Å². The standard InChI is InChI=1S/C13H13NO2S/c1-13(2)9(11(13)12(15)16)6-8(7-14)10-4-3-5-17-10/h3-6,9,11H,1-2H3,(H,15,16)/b8-6+. The summed E-state index contributed by atoms with van der Waals surface area (Å²) in [4.78, 5) is 11.9. The van der Waals surface area contributed by atoms with E-state index in [9.17, 15) is 4.79 Å². The van der Waals surface area contributed by atoms with E-state index in [1.807, 2.05) is 37.4 Å². The first-order valence-electron chi connectivity index (χ1n) is 5.37. The van der Waals surface area contributed by atoms with Crippen LogP contribution in [0.5, 0.6) is 0 Å². The van der Waals surface area contributed by atoms with Crippen molar-refractivity contribution in [3.05, 3.63) is 28.5 Å². The van der Waals surface area contributed by atoms with E-state index in [4.69, 9.17) is 10.4 Å². The van der Waals surface area contributed by atoms with Crippen molar-refractivity contribution in [2.24, 2.45) is 17.3 Å². The molecule has 0 spiro atoms. The first-order chi connectivity index (χ1) is 7.98. The predicted molar refractivity (Wildman–Crippen MR) is 66.3 cm³/mol. The number of rotatable bonds is 3. The van der Waals surface area contributed by atoms with E-state index in [2.05, 4.69) is 6.07 Å². The van der Waals surface area contributed by atoms with E-state index in [0.717, 1.165) is 4.88 Å². The smallest absolute Gasteiger partial charge is 0.307 e. The number of hydrogen-bond acceptors (Lipinski definition) is 3. The zero-order chi connectivity index (χ0) is 12.6. The lowest BCUT2D eigenvalue weighted by Crippen LogP contribution is -2.03. The Balaban J connectivity index is 2.27. The molecule has 1 N–H and O–H groups in total. The molecule has 0 bridgehead atoms. The van der Waals surface area contributed by atoms with Crippen LogP contribution in [-0.2, 0) is 4.79 Å². The number of carboxylic acid groups (broad SMARTS) is 1. The quantitative estimate of drug-likeness (QED) is 0.835. The summed E-state index contributed by atoms with van der Waals surface area (Å²) < 4.78 is 0. The highest BCUT2D eigenvalue weighted by Crippen LogP contribution is 2.59. The van der Waals surface area contributed by atoms with E-state index in [0.29, 0.717) is 5.57 Å². The molecule has 2 unspecified atom stereocenters. The number of allylic oxidation sites excluding steroid dienone is 2. The average molecular weight is 247 g/mol. The monoisotopic (exact) mass is 247 g/mol. The molecule has 1 fully saturated rings. The molecule has 0 aromatic carbocycles. The molecule has 1 aromatic heterocycles. The fourth-order valence-corrected chi connectivity index (χ4v) is 2.95. The van der Waals surface area contributed by atoms with Crippen molar-refractivity contribution in [3.63, 3.8) is 0 Å². The summed E-state index contributed by atoms with van der Waals surface area (Å²) in [5.41, 5.74) is 0.340. The molecule has 2 rings (SSSR count). The lowest BCUT2D eigenvalue weighted by molar-refractivity contribution is -0.139. The largest absolute Gasteiger partial charge is 0.481 e. The molecular formula is C13H13NO2S. The van der Waals surface area contributed by atoms with Gasteiger partial charge in [-0.15, -0.1) is 11.3 Å². The molecular weight excluding hydrogens is 234 g/mol. The maximum atomic E-state index is 11.0. The average Bonchev–Trinajstić information content (AvgIpc) is 2.69. The van der Waals surface area contributed by atoms with E-state index in [-0.39, 0.29) is 17.3 Å². The minimum absolute atomic E-state index is 0.0447. The number of nitrogens with zero attached hydrogens (tertiary/aromatic N) is 1. The summed E-state index contributed by atoms with van der Waals surface area (Å²) in [6.07, 6.45) is 1.81. The highest BCUT2D eigenvalue weighted by atomic mass is 32.1. The van der Waals surface area contributed by atoms with Gasteiger partial charge in [-0.1, -0.05) is 26.0 Å². The molecule has 1 aromatic rings. The summed E-state index contributed by atoms with van der Waals surface area (Å²) in [5, 5.41) is 20.1. The van der Waals surface area contributed by atoms with Gasteiger partial charge >= 0.3 is 5.97 Å². The minimum Gasteiger partial charge on any atom is -0.481 e. The van der Waals surface area contributed by atoms with Crippen molar-refractivity contribution in [1.29, 1.82) is 5.26 Å². The van der Waals surface area contributed by atoms with Gasteiger partial charge in [-0.05, 0) is 22.8 Å². The van der Waals surface area contributed by atoms with Crippen LogP contribution in [0.3, 0.4) is 0 Å². The predicted octanol–water partition coefficient (Wildman–Crippen LogP) is 3.01. The van der Waals surface area contributed by atoms with Crippen molar-refractivity contribution in [2.45, 2.75) is 13.8 Å². The molecule has 1 aliphatic carbocycles. The first-order valence-corrected chi connectivity index (χ1v) is 6.25. The number of carbonyl (C=O) groups is 1. The third-order valence-corrected chi connectivity index (χ3v) is 4.33. The summed E-state index contributed by atoms with van der Waals surface area (Å²) in [5.74, 6) is -1.19. The number of nitriles is 1. The van der Waals surface area contributed by atoms with Crippen LogP contribution in [0.1, 0.15) is 18.7 Å². The third-order valence-electron chi connectivity index (χ3n) is 3.43. The highest BCUT2D eigenvalue weighted by Gasteiger charge is 2.61. The van der Waals surface area contributed by atoms with Crippen LogP contribution < -0.4 is 0 Å². The van der Waals surface area contributed by atoms with Crippen LogP contribution in [0.2, 0.25) is 0 Å². The Morgan fingerprint density at radius 1 is 1.65 bits per heavy atom. The van der Waals surface area contributed by atoms with Gasteiger partial charge in [0.1, 0.15) is 6.07 Å². The van der Waals surface area contributed by atoms with E-state index < -0.39 is 5.97 Å². The fraction of sp³-hybridized carbons (Fsp3) is 0.385. The Labute approximate surface area is 104 Å². The Bertz CT molecular complexity index is 508. The van der Waals surface area contributed by atoms with Gasteiger partial charge in [-0.25, -0.2) is 0 Å². The van der Waals surface area contributed by atoms with Crippen LogP contribution in [-0.4, -0.2) is 11.1 Å². The molecule has 1 heterocycles. The zero-order valence-corrected chi connectivity index (χ0v) is 10.5. The SMILES string of the molecule is CC1(C)C(/C=C(\C#N)c2cccs2)C1C(=O)O. The van der Waals surface area contributed by atoms with Crippen LogP contribution in [0.15, 0.2) is 23.6 Å². The molecule has 17 heavy (non-hydrogen) atoms. The van der Waals surface area contributed by atoms with Crippen LogP contribution in [0.25, 0.3) is 5.57 Å². The molecule has 4 heteroatoms. The number of carboxylic acids is 1. The topological polar surface area (TPSA) is 61.1 Å². The van der Waals surface area contributed by atoms with Gasteiger partial charge in [0.05, 0.1) is 11.5 Å². The molecule has 1 saturated carbocycles. The van der Waals surface area contributed by atoms with Crippen LogP contribution in [0, 0.1) is 28.6 Å². The fourth-order valence-electron chi connectivity index (χ4n) is 2.25. The lowest BCUT2D eigenvalue weighted by atomic mass is 10.1. The Kier molecular flexibility index (Phi) is 2.80. The molecule has 0 radical (unpaired) electrons. The molecule has 1 aliphatic rings. The maximum Gasteiger partial charge on any atom is 0.307 e. The number of thiophene rings is 1. The van der Waals surface area contributed by atoms with Crippen molar-refractivity contribution < 1.29 is 9.90 Å². The number of hydrogen-bond donors (Lipinski definition) is 1. The Hall–Kier alpha value is -1.60. The second kappa shape index (κ2) is 4.01. The van der Waals surface area contributed by atoms with Crippen molar-refractivity contribution in [3.8, 4) is 6.07 Å². The summed E-state index contributed by atoms with van der Waals surface area (Å²) in [7, 11) is 0. The van der Waals surface area contributed by atoms with Crippen LogP contribution in [0.4, 0.5) is 0 Å². The molecule has 0 amide bonds. The molecule has 0 aliphatic heterocycles. The lowest BCUT2D eigenvalue weighted by Gasteiger charge is -1.97. The van der Waals surface area contributed by atoms with Gasteiger partial charge in [0, 0.05) is 4.88 Å². The molecule has 2 atom stereocenters. The van der Waals surface area contributed by atoms with Gasteiger partial charge in [0.25, 0.3) is 0 Å². The van der Waals surface area contributed by atoms with E-state index >= 15 is 0 Å². The second-order valence-electron chi connectivity index (χ2n) is 4.83. The highest BCUT2D eigenvalue weighted by molar-refractivity contribution is 7.11. The van der Waals surface area contributed by atoms with Gasteiger partial charge in [0.15, 0.2) is 0 Å². The first kappa shape index (κ1) is 11.9. The maximum absolute atomic E-state index is 11.0. The molecule has 88 valence electrons. The molecule has 3 nitrogen and oxygen atoms in total. The van der Waals surface area contributed by atoms with Gasteiger partial charge in [-0.3, -0.25) is 4.79 Å². The second-order valence-corrected chi connectivity index (χ2v) is 5.78. The minimum atomic E-state index is -0.778.